The fraction of sp³-hybridized carbons (Fsp3) is 0.714. The van der Waals surface area contributed by atoms with Crippen molar-refractivity contribution in [2.75, 3.05) is 19.3 Å². The molecule has 0 aromatic carbocycles. The third kappa shape index (κ3) is 3.80. The van der Waals surface area contributed by atoms with Crippen molar-refractivity contribution in [2.24, 2.45) is 0 Å². The quantitative estimate of drug-likeness (QED) is 0.554. The highest BCUT2D eigenvalue weighted by Gasteiger charge is 2.03. The van der Waals surface area contributed by atoms with E-state index in [1.807, 2.05) is 4.31 Å². The molecule has 0 N–H and O–H groups in total. The first-order valence-electron chi connectivity index (χ1n) is 3.41. The molecule has 0 heterocycles. The number of hydrogen-bond acceptors (Lipinski definition) is 1. The molecule has 2 nitrogen and oxygen atoms in total. The van der Waals surface area contributed by atoms with Crippen LogP contribution in [0.5, 0.6) is 0 Å². The van der Waals surface area contributed by atoms with E-state index in [1.165, 1.54) is 0 Å². The summed E-state index contributed by atoms with van der Waals surface area (Å²) >= 11 is 0. The van der Waals surface area contributed by atoms with E-state index in [4.69, 9.17) is 0 Å². The molecule has 10 heavy (non-hydrogen) atoms. The van der Waals surface area contributed by atoms with Crippen molar-refractivity contribution in [3.8, 4) is 0 Å². The van der Waals surface area contributed by atoms with E-state index in [1.54, 1.807) is 12.3 Å². The number of hydrogen-bond donors (Lipinski definition) is 0. The number of rotatable bonds is 5. The molecule has 0 aliphatic heterocycles. The topological polar surface area (TPSA) is 20.3 Å². The molecule has 1 atom stereocenters. The van der Waals surface area contributed by atoms with E-state index >= 15 is 0 Å². The summed E-state index contributed by atoms with van der Waals surface area (Å²) in [7, 11) is -0.841. The predicted molar refractivity (Wildman–Crippen MR) is 46.1 cm³/mol. The van der Waals surface area contributed by atoms with Crippen LogP contribution in [-0.4, -0.2) is 27.9 Å². The van der Waals surface area contributed by atoms with Crippen LogP contribution in [0.2, 0.25) is 0 Å². The zero-order chi connectivity index (χ0) is 7.98. The Hall–Kier alpha value is -0.150. The largest absolute Gasteiger partial charge is 0.243 e. The van der Waals surface area contributed by atoms with Crippen molar-refractivity contribution in [3.05, 3.63) is 12.7 Å². The van der Waals surface area contributed by atoms with Crippen LogP contribution in [0.4, 0.5) is 0 Å². The SMILES string of the molecule is C=CCN(CCC)S(C)=O. The summed E-state index contributed by atoms with van der Waals surface area (Å²) in [5, 5.41) is 0. The van der Waals surface area contributed by atoms with Gasteiger partial charge in [0.2, 0.25) is 0 Å². The summed E-state index contributed by atoms with van der Waals surface area (Å²) in [5.41, 5.74) is 0. The van der Waals surface area contributed by atoms with Crippen LogP contribution in [-0.2, 0) is 11.0 Å². The maximum atomic E-state index is 10.9. The predicted octanol–water partition coefficient (Wildman–Crippen LogP) is 1.18. The molecule has 0 rings (SSSR count). The standard InChI is InChI=1S/C7H15NOS/c1-4-6-8(7-5-2)10(3)9/h4H,1,5-7H2,2-3H3. The van der Waals surface area contributed by atoms with Gasteiger partial charge in [0.05, 0.1) is 11.0 Å². The molecule has 0 saturated carbocycles. The lowest BCUT2D eigenvalue weighted by Gasteiger charge is -2.14. The van der Waals surface area contributed by atoms with E-state index in [2.05, 4.69) is 13.5 Å². The van der Waals surface area contributed by atoms with Gasteiger partial charge < -0.3 is 0 Å². The number of nitrogens with zero attached hydrogens (tertiary/aromatic N) is 1. The molecule has 1 unspecified atom stereocenters. The molecule has 0 amide bonds. The zero-order valence-corrected chi connectivity index (χ0v) is 7.49. The van der Waals surface area contributed by atoms with Gasteiger partial charge in [-0.15, -0.1) is 6.58 Å². The first-order valence-corrected chi connectivity index (χ1v) is 4.93. The van der Waals surface area contributed by atoms with Crippen molar-refractivity contribution in [1.29, 1.82) is 0 Å². The summed E-state index contributed by atoms with van der Waals surface area (Å²) in [6, 6.07) is 0. The zero-order valence-electron chi connectivity index (χ0n) is 6.67. The van der Waals surface area contributed by atoms with E-state index in [0.29, 0.717) is 0 Å². The van der Waals surface area contributed by atoms with E-state index < -0.39 is 11.0 Å². The average Bonchev–Trinajstić information content (AvgIpc) is 1.87. The smallest absolute Gasteiger partial charge is 0.0913 e. The normalized spacial score (nSPS) is 13.5. The molecule has 0 aromatic rings. The molecular weight excluding hydrogens is 146 g/mol. The third-order valence-electron chi connectivity index (χ3n) is 1.17. The molecule has 0 aliphatic carbocycles. The van der Waals surface area contributed by atoms with Gasteiger partial charge >= 0.3 is 0 Å². The Morgan fingerprint density at radius 3 is 2.60 bits per heavy atom. The van der Waals surface area contributed by atoms with Crippen LogP contribution < -0.4 is 0 Å². The van der Waals surface area contributed by atoms with Crippen molar-refractivity contribution < 1.29 is 4.21 Å². The fourth-order valence-electron chi connectivity index (χ4n) is 0.718. The monoisotopic (exact) mass is 161 g/mol. The Morgan fingerprint density at radius 1 is 1.70 bits per heavy atom. The van der Waals surface area contributed by atoms with Crippen molar-refractivity contribution in [1.82, 2.24) is 4.31 Å². The maximum Gasteiger partial charge on any atom is 0.0913 e. The minimum absolute atomic E-state index is 0.719. The summed E-state index contributed by atoms with van der Waals surface area (Å²) in [6.45, 7) is 7.26. The van der Waals surface area contributed by atoms with Crippen LogP contribution in [0.25, 0.3) is 0 Å². The lowest BCUT2D eigenvalue weighted by atomic mass is 10.5. The van der Waals surface area contributed by atoms with Gasteiger partial charge in [-0.05, 0) is 6.42 Å². The summed E-state index contributed by atoms with van der Waals surface area (Å²) in [5.74, 6) is 0. The van der Waals surface area contributed by atoms with Gasteiger partial charge in [0, 0.05) is 19.3 Å². The van der Waals surface area contributed by atoms with Crippen LogP contribution in [0.1, 0.15) is 13.3 Å². The van der Waals surface area contributed by atoms with E-state index in [9.17, 15) is 4.21 Å². The molecule has 0 bridgehead atoms. The highest BCUT2D eigenvalue weighted by atomic mass is 32.2. The summed E-state index contributed by atoms with van der Waals surface area (Å²) in [4.78, 5) is 0. The van der Waals surface area contributed by atoms with Gasteiger partial charge in [0.25, 0.3) is 0 Å². The molecule has 0 radical (unpaired) electrons. The Morgan fingerprint density at radius 2 is 2.30 bits per heavy atom. The van der Waals surface area contributed by atoms with Gasteiger partial charge in [-0.3, -0.25) is 0 Å². The molecular formula is C7H15NOS. The molecule has 3 heteroatoms. The summed E-state index contributed by atoms with van der Waals surface area (Å²) in [6.07, 6.45) is 4.50. The lowest BCUT2D eigenvalue weighted by Crippen LogP contribution is -2.25. The molecule has 0 aromatic heterocycles. The minimum Gasteiger partial charge on any atom is -0.243 e. The molecule has 0 saturated heterocycles. The third-order valence-corrected chi connectivity index (χ3v) is 2.23. The van der Waals surface area contributed by atoms with Gasteiger partial charge in [-0.1, -0.05) is 13.0 Å². The first-order chi connectivity index (χ1) is 4.72. The fourth-order valence-corrected chi connectivity index (χ4v) is 1.47. The lowest BCUT2D eigenvalue weighted by molar-refractivity contribution is 0.486. The average molecular weight is 161 g/mol. The Balaban J connectivity index is 3.71. The van der Waals surface area contributed by atoms with Gasteiger partial charge in [-0.25, -0.2) is 8.51 Å². The highest BCUT2D eigenvalue weighted by molar-refractivity contribution is 7.81. The van der Waals surface area contributed by atoms with Crippen LogP contribution >= 0.6 is 0 Å². The molecule has 0 fully saturated rings. The van der Waals surface area contributed by atoms with Gasteiger partial charge in [-0.2, -0.15) is 0 Å². The molecule has 60 valence electrons. The molecule has 0 spiro atoms. The second-order valence-electron chi connectivity index (χ2n) is 2.10. The Kier molecular flexibility index (Phi) is 5.54. The van der Waals surface area contributed by atoms with E-state index in [0.717, 1.165) is 19.5 Å². The summed E-state index contributed by atoms with van der Waals surface area (Å²) < 4.78 is 12.8. The van der Waals surface area contributed by atoms with Crippen LogP contribution in [0.3, 0.4) is 0 Å². The first kappa shape index (κ1) is 9.85. The van der Waals surface area contributed by atoms with Crippen LogP contribution in [0, 0.1) is 0 Å². The van der Waals surface area contributed by atoms with E-state index in [-0.39, 0.29) is 0 Å². The van der Waals surface area contributed by atoms with Crippen molar-refractivity contribution >= 4 is 11.0 Å². The van der Waals surface area contributed by atoms with Gasteiger partial charge in [0.1, 0.15) is 0 Å². The van der Waals surface area contributed by atoms with Crippen LogP contribution in [0.15, 0.2) is 12.7 Å². The second kappa shape index (κ2) is 5.62. The van der Waals surface area contributed by atoms with Crippen molar-refractivity contribution in [2.45, 2.75) is 13.3 Å². The second-order valence-corrected chi connectivity index (χ2v) is 3.46. The maximum absolute atomic E-state index is 10.9. The minimum atomic E-state index is -0.841. The Labute approximate surface area is 65.5 Å². The molecule has 0 aliphatic rings. The van der Waals surface area contributed by atoms with Crippen molar-refractivity contribution in [3.63, 3.8) is 0 Å². The van der Waals surface area contributed by atoms with Gasteiger partial charge in [0.15, 0.2) is 0 Å². The highest BCUT2D eigenvalue weighted by Crippen LogP contribution is 1.93. The Bertz CT molecular complexity index is 125.